The van der Waals surface area contributed by atoms with Crippen LogP contribution in [-0.4, -0.2) is 76.2 Å². The molecule has 0 spiro atoms. The fraction of sp³-hybridized carbons (Fsp3) is 0.467. The van der Waals surface area contributed by atoms with E-state index in [1.165, 1.54) is 31.9 Å². The summed E-state index contributed by atoms with van der Waals surface area (Å²) in [5, 5.41) is 18.4. The maximum atomic E-state index is 12.5. The zero-order valence-electron chi connectivity index (χ0n) is 15.3. The maximum Gasteiger partial charge on any atom is 0.427 e. The van der Waals surface area contributed by atoms with E-state index in [9.17, 15) is 19.2 Å². The number of fused-ring (bicyclic) bond motifs is 1. The Morgan fingerprint density at radius 1 is 1.43 bits per heavy atom. The molecule has 0 aromatic rings. The normalized spacial score (nSPS) is 21.8. The molecule has 0 radical (unpaired) electrons. The van der Waals surface area contributed by atoms with E-state index in [1.807, 2.05) is 0 Å². The number of aliphatic carboxylic acids is 1. The number of carbonyl (C=O) groups is 4. The maximum absolute atomic E-state index is 12.5. The quantitative estimate of drug-likeness (QED) is 0.286. The molecule has 28 heavy (non-hydrogen) atoms. The Morgan fingerprint density at radius 3 is 2.75 bits per heavy atom. The molecule has 2 rings (SSSR count). The highest BCUT2D eigenvalue weighted by Crippen LogP contribution is 2.37. The van der Waals surface area contributed by atoms with Crippen LogP contribution >= 0.6 is 11.8 Å². The van der Waals surface area contributed by atoms with Crippen LogP contribution in [0.1, 0.15) is 13.8 Å². The predicted octanol–water partition coefficient (Wildman–Crippen LogP) is -0.521. The Labute approximate surface area is 164 Å². The summed E-state index contributed by atoms with van der Waals surface area (Å²) in [5.74, 6) is -2.13. The highest BCUT2D eigenvalue weighted by molar-refractivity contribution is 8.00. The van der Waals surface area contributed by atoms with Crippen LogP contribution in [0.15, 0.2) is 22.0 Å². The molecule has 12 nitrogen and oxygen atoms in total. The lowest BCUT2D eigenvalue weighted by atomic mass is 10.0. The Balaban J connectivity index is 2.07. The fourth-order valence-electron chi connectivity index (χ4n) is 2.46. The summed E-state index contributed by atoms with van der Waals surface area (Å²) >= 11 is 1.32. The molecule has 2 aliphatic heterocycles. The SMILES string of the molecule is CCOC(=O)NN=C(C)C(=NOC)C(=O)NC1C(=O)N2C(C(=O)O)=CCS[C@H]12. The van der Waals surface area contributed by atoms with Gasteiger partial charge >= 0.3 is 12.1 Å². The molecule has 2 heterocycles. The van der Waals surface area contributed by atoms with Gasteiger partial charge in [-0.05, 0) is 19.9 Å². The molecule has 1 fully saturated rings. The number of thioether (sulfide) groups is 1. The van der Waals surface area contributed by atoms with Crippen molar-refractivity contribution in [3.8, 4) is 0 Å². The average Bonchev–Trinajstić information content (AvgIpc) is 2.67. The van der Waals surface area contributed by atoms with Gasteiger partial charge in [0.25, 0.3) is 11.8 Å². The number of nitrogens with one attached hydrogen (secondary N) is 2. The first kappa shape index (κ1) is 21.2. The van der Waals surface area contributed by atoms with Gasteiger partial charge in [-0.2, -0.15) is 5.10 Å². The minimum absolute atomic E-state index is 0.0125. The Morgan fingerprint density at radius 2 is 2.14 bits per heavy atom. The summed E-state index contributed by atoms with van der Waals surface area (Å²) < 4.78 is 4.65. The highest BCUT2D eigenvalue weighted by Gasteiger charge is 2.53. The van der Waals surface area contributed by atoms with E-state index >= 15 is 0 Å². The number of carboxylic acids is 1. The Kier molecular flexibility index (Phi) is 6.98. The van der Waals surface area contributed by atoms with Gasteiger partial charge < -0.3 is 20.0 Å². The second-order valence-corrected chi connectivity index (χ2v) is 6.58. The van der Waals surface area contributed by atoms with Crippen molar-refractivity contribution in [2.75, 3.05) is 19.5 Å². The summed E-state index contributed by atoms with van der Waals surface area (Å²) in [6, 6.07) is -0.923. The number of amides is 3. The van der Waals surface area contributed by atoms with Crippen LogP contribution in [0.25, 0.3) is 0 Å². The molecule has 0 saturated carbocycles. The van der Waals surface area contributed by atoms with E-state index in [2.05, 4.69) is 30.6 Å². The first-order valence-electron chi connectivity index (χ1n) is 8.09. The number of rotatable bonds is 7. The van der Waals surface area contributed by atoms with E-state index in [4.69, 9.17) is 5.11 Å². The lowest BCUT2D eigenvalue weighted by Gasteiger charge is -2.48. The molecular weight excluding hydrogens is 394 g/mol. The number of carbonyl (C=O) groups excluding carboxylic acids is 3. The van der Waals surface area contributed by atoms with Gasteiger partial charge in [0.2, 0.25) is 0 Å². The molecular formula is C15H19N5O7S. The van der Waals surface area contributed by atoms with Crippen LogP contribution in [0, 0.1) is 0 Å². The van der Waals surface area contributed by atoms with Crippen molar-refractivity contribution in [3.05, 3.63) is 11.8 Å². The lowest BCUT2D eigenvalue weighted by Crippen LogP contribution is -2.70. The fourth-order valence-corrected chi connectivity index (χ4v) is 3.65. The summed E-state index contributed by atoms with van der Waals surface area (Å²) in [6.45, 7) is 3.17. The molecule has 3 amide bonds. The second-order valence-electron chi connectivity index (χ2n) is 5.43. The van der Waals surface area contributed by atoms with Crippen LogP contribution in [0.2, 0.25) is 0 Å². The van der Waals surface area contributed by atoms with E-state index < -0.39 is 35.3 Å². The topological polar surface area (TPSA) is 159 Å². The average molecular weight is 413 g/mol. The number of hydrogen-bond donors (Lipinski definition) is 3. The van der Waals surface area contributed by atoms with E-state index in [-0.39, 0.29) is 23.7 Å². The van der Waals surface area contributed by atoms with Crippen molar-refractivity contribution >= 4 is 47.1 Å². The number of hydrazone groups is 1. The minimum atomic E-state index is -1.21. The first-order valence-corrected chi connectivity index (χ1v) is 9.14. The van der Waals surface area contributed by atoms with E-state index in [0.717, 1.165) is 4.90 Å². The molecule has 0 aromatic carbocycles. The van der Waals surface area contributed by atoms with Crippen LogP contribution in [0.5, 0.6) is 0 Å². The summed E-state index contributed by atoms with van der Waals surface area (Å²) in [4.78, 5) is 53.1. The lowest BCUT2D eigenvalue weighted by molar-refractivity contribution is -0.150. The molecule has 3 N–H and O–H groups in total. The number of oxime groups is 1. The molecule has 2 aliphatic rings. The van der Waals surface area contributed by atoms with Gasteiger partial charge in [-0.3, -0.25) is 14.5 Å². The van der Waals surface area contributed by atoms with Gasteiger partial charge in [0.05, 0.1) is 12.3 Å². The van der Waals surface area contributed by atoms with Crippen molar-refractivity contribution < 1.29 is 33.9 Å². The largest absolute Gasteiger partial charge is 0.477 e. The van der Waals surface area contributed by atoms with Crippen molar-refractivity contribution in [2.45, 2.75) is 25.3 Å². The Bertz CT molecular complexity index is 779. The zero-order valence-corrected chi connectivity index (χ0v) is 16.1. The van der Waals surface area contributed by atoms with Crippen molar-refractivity contribution in [2.24, 2.45) is 10.3 Å². The summed E-state index contributed by atoms with van der Waals surface area (Å²) in [5.41, 5.74) is 1.73. The molecule has 0 aliphatic carbocycles. The third-order valence-corrected chi connectivity index (χ3v) is 4.87. The molecule has 2 atom stereocenters. The van der Waals surface area contributed by atoms with Gasteiger partial charge in [-0.25, -0.2) is 15.0 Å². The number of nitrogens with zero attached hydrogens (tertiary/aromatic N) is 3. The van der Waals surface area contributed by atoms with Crippen molar-refractivity contribution in [1.82, 2.24) is 15.6 Å². The van der Waals surface area contributed by atoms with Gasteiger partial charge in [-0.1, -0.05) is 5.16 Å². The number of carboxylic acid groups (broad SMARTS) is 1. The predicted molar refractivity (Wildman–Crippen MR) is 98.5 cm³/mol. The first-order chi connectivity index (χ1) is 13.3. The summed E-state index contributed by atoms with van der Waals surface area (Å²) in [7, 11) is 1.22. The smallest absolute Gasteiger partial charge is 0.427 e. The van der Waals surface area contributed by atoms with Gasteiger partial charge in [0, 0.05) is 5.75 Å². The number of β-lactam (4-membered cyclic amide) rings is 1. The van der Waals surface area contributed by atoms with Crippen LogP contribution < -0.4 is 10.7 Å². The third-order valence-electron chi connectivity index (χ3n) is 3.68. The highest BCUT2D eigenvalue weighted by atomic mass is 32.2. The molecule has 0 aromatic heterocycles. The molecule has 1 unspecified atom stereocenters. The number of hydrogen-bond acceptors (Lipinski definition) is 9. The van der Waals surface area contributed by atoms with Crippen molar-refractivity contribution in [3.63, 3.8) is 0 Å². The molecule has 0 bridgehead atoms. The monoisotopic (exact) mass is 413 g/mol. The zero-order chi connectivity index (χ0) is 20.8. The van der Waals surface area contributed by atoms with E-state index in [0.29, 0.717) is 5.75 Å². The van der Waals surface area contributed by atoms with Crippen LogP contribution in [0.3, 0.4) is 0 Å². The van der Waals surface area contributed by atoms with Crippen LogP contribution in [0.4, 0.5) is 4.79 Å². The third kappa shape index (κ3) is 4.42. The van der Waals surface area contributed by atoms with Crippen molar-refractivity contribution in [1.29, 1.82) is 0 Å². The second kappa shape index (κ2) is 9.21. The Hall–Kier alpha value is -3.09. The minimum Gasteiger partial charge on any atom is -0.477 e. The van der Waals surface area contributed by atoms with E-state index in [1.54, 1.807) is 6.92 Å². The molecule has 13 heteroatoms. The van der Waals surface area contributed by atoms with Gasteiger partial charge in [0.1, 0.15) is 24.2 Å². The standard InChI is InChI=1S/C15H19N5O7S/c1-4-27-15(25)18-17-7(2)9(19-26-3)11(21)16-10-12(22)20-8(14(23)24)5-6-28-13(10)20/h5,10,13H,4,6H2,1-3H3,(H,16,21)(H,18,25)(H,23,24)/t10?,13-/m1/s1. The summed E-state index contributed by atoms with van der Waals surface area (Å²) in [6.07, 6.45) is 0.630. The van der Waals surface area contributed by atoms with Gasteiger partial charge in [-0.15, -0.1) is 11.8 Å². The van der Waals surface area contributed by atoms with Gasteiger partial charge in [0.15, 0.2) is 5.71 Å². The number of ether oxygens (including phenoxy) is 1. The molecule has 1 saturated heterocycles. The molecule has 152 valence electrons. The van der Waals surface area contributed by atoms with Crippen LogP contribution in [-0.2, 0) is 24.0 Å².